The van der Waals surface area contributed by atoms with Crippen molar-refractivity contribution in [2.75, 3.05) is 20.2 Å². The van der Waals surface area contributed by atoms with E-state index in [1.165, 1.54) is 7.11 Å². The van der Waals surface area contributed by atoms with Crippen molar-refractivity contribution in [3.63, 3.8) is 0 Å². The highest BCUT2D eigenvalue weighted by Crippen LogP contribution is 2.32. The molecule has 2 aromatic rings. The lowest BCUT2D eigenvalue weighted by Crippen LogP contribution is -2.46. The molecular formula is C18H25BrN4O2. The molecule has 6 nitrogen and oxygen atoms in total. The van der Waals surface area contributed by atoms with E-state index in [0.29, 0.717) is 5.92 Å². The Labute approximate surface area is 156 Å². The average Bonchev–Trinajstić information content (AvgIpc) is 3.19. The van der Waals surface area contributed by atoms with Crippen LogP contribution in [0.25, 0.3) is 11.0 Å². The van der Waals surface area contributed by atoms with Crippen molar-refractivity contribution in [1.82, 2.24) is 20.2 Å². The molecule has 7 heteroatoms. The standard InChI is InChI=1S/C18H25BrN4O2/c1-11(2)15(22-18(24)25-3)10-23-8-4-5-16(23)17-20-13-7-6-12(19)9-14(13)21-17/h6-7,9,11,15-16H,4-5,8,10H2,1-3H3,(H,20,21)(H,22,24). The van der Waals surface area contributed by atoms with E-state index in [-0.39, 0.29) is 18.2 Å². The van der Waals surface area contributed by atoms with Gasteiger partial charge in [0.2, 0.25) is 0 Å². The molecule has 0 aliphatic carbocycles. The number of carbonyl (C=O) groups excluding carboxylic acids is 1. The number of alkyl carbamates (subject to hydrolysis) is 1. The average molecular weight is 409 g/mol. The quantitative estimate of drug-likeness (QED) is 0.787. The number of ether oxygens (including phenoxy) is 1. The smallest absolute Gasteiger partial charge is 0.407 e. The van der Waals surface area contributed by atoms with Gasteiger partial charge in [0, 0.05) is 17.1 Å². The predicted octanol–water partition coefficient (Wildman–Crippen LogP) is 3.84. The zero-order valence-electron chi connectivity index (χ0n) is 14.9. The molecule has 0 radical (unpaired) electrons. The van der Waals surface area contributed by atoms with Gasteiger partial charge in [-0.3, -0.25) is 4.90 Å². The molecule has 2 heterocycles. The van der Waals surface area contributed by atoms with Gasteiger partial charge in [-0.25, -0.2) is 9.78 Å². The zero-order chi connectivity index (χ0) is 18.0. The molecule has 2 unspecified atom stereocenters. The maximum Gasteiger partial charge on any atom is 0.407 e. The molecule has 1 aromatic heterocycles. The van der Waals surface area contributed by atoms with Gasteiger partial charge in [0.15, 0.2) is 0 Å². The fourth-order valence-electron chi connectivity index (χ4n) is 3.40. The molecule has 136 valence electrons. The van der Waals surface area contributed by atoms with E-state index >= 15 is 0 Å². The highest BCUT2D eigenvalue weighted by Gasteiger charge is 2.31. The lowest BCUT2D eigenvalue weighted by Gasteiger charge is -2.30. The summed E-state index contributed by atoms with van der Waals surface area (Å²) in [5.74, 6) is 1.33. The van der Waals surface area contributed by atoms with Gasteiger partial charge in [-0.15, -0.1) is 0 Å². The van der Waals surface area contributed by atoms with Crippen LogP contribution < -0.4 is 5.32 Å². The van der Waals surface area contributed by atoms with Crippen LogP contribution in [0.2, 0.25) is 0 Å². The van der Waals surface area contributed by atoms with E-state index in [4.69, 9.17) is 9.72 Å². The number of H-pyrrole nitrogens is 1. The van der Waals surface area contributed by atoms with Gasteiger partial charge in [0.05, 0.1) is 24.2 Å². The number of nitrogens with zero attached hydrogens (tertiary/aromatic N) is 2. The SMILES string of the molecule is COC(=O)NC(CN1CCCC1c1nc2ccc(Br)cc2[nH]1)C(C)C. The number of rotatable bonds is 5. The minimum absolute atomic E-state index is 0.0478. The molecule has 0 saturated carbocycles. The van der Waals surface area contributed by atoms with Crippen LogP contribution in [0.3, 0.4) is 0 Å². The maximum absolute atomic E-state index is 11.6. The van der Waals surface area contributed by atoms with Crippen LogP contribution >= 0.6 is 15.9 Å². The first-order valence-electron chi connectivity index (χ1n) is 8.71. The Morgan fingerprint density at radius 2 is 2.32 bits per heavy atom. The number of imidazole rings is 1. The van der Waals surface area contributed by atoms with Crippen molar-refractivity contribution in [2.24, 2.45) is 5.92 Å². The van der Waals surface area contributed by atoms with Crippen molar-refractivity contribution >= 4 is 33.1 Å². The summed E-state index contributed by atoms with van der Waals surface area (Å²) in [4.78, 5) is 22.3. The normalized spacial score (nSPS) is 19.5. The van der Waals surface area contributed by atoms with Crippen LogP contribution in [0.1, 0.15) is 38.6 Å². The van der Waals surface area contributed by atoms with Crippen molar-refractivity contribution in [1.29, 1.82) is 0 Å². The van der Waals surface area contributed by atoms with Crippen LogP contribution in [0.4, 0.5) is 4.79 Å². The van der Waals surface area contributed by atoms with Gasteiger partial charge >= 0.3 is 6.09 Å². The summed E-state index contributed by atoms with van der Waals surface area (Å²) in [6, 6.07) is 6.39. The van der Waals surface area contributed by atoms with Crippen LogP contribution in [0, 0.1) is 5.92 Å². The fraction of sp³-hybridized carbons (Fsp3) is 0.556. The Morgan fingerprint density at radius 1 is 1.52 bits per heavy atom. The summed E-state index contributed by atoms with van der Waals surface area (Å²) < 4.78 is 5.81. The van der Waals surface area contributed by atoms with Crippen molar-refractivity contribution in [3.8, 4) is 0 Å². The van der Waals surface area contributed by atoms with Gasteiger partial charge < -0.3 is 15.0 Å². The summed E-state index contributed by atoms with van der Waals surface area (Å²) in [7, 11) is 1.40. The van der Waals surface area contributed by atoms with Gasteiger partial charge in [0.25, 0.3) is 0 Å². The second-order valence-electron chi connectivity index (χ2n) is 6.92. The van der Waals surface area contributed by atoms with E-state index in [0.717, 1.165) is 47.3 Å². The number of aromatic amines is 1. The third-order valence-electron chi connectivity index (χ3n) is 4.87. The molecule has 1 aliphatic heterocycles. The Hall–Kier alpha value is -1.60. The van der Waals surface area contributed by atoms with E-state index in [1.54, 1.807) is 0 Å². The summed E-state index contributed by atoms with van der Waals surface area (Å²) in [5.41, 5.74) is 2.03. The molecule has 0 spiro atoms. The number of carbonyl (C=O) groups is 1. The van der Waals surface area contributed by atoms with Crippen molar-refractivity contribution in [2.45, 2.75) is 38.8 Å². The Morgan fingerprint density at radius 3 is 3.04 bits per heavy atom. The second-order valence-corrected chi connectivity index (χ2v) is 7.84. The predicted molar refractivity (Wildman–Crippen MR) is 102 cm³/mol. The molecule has 2 atom stereocenters. The Balaban J connectivity index is 1.77. The number of likely N-dealkylation sites (tertiary alicyclic amines) is 1. The number of halogens is 1. The first-order chi connectivity index (χ1) is 12.0. The number of fused-ring (bicyclic) bond motifs is 1. The van der Waals surface area contributed by atoms with E-state index in [2.05, 4.69) is 51.0 Å². The molecule has 0 bridgehead atoms. The number of methoxy groups -OCH3 is 1. The first kappa shape index (κ1) is 18.2. The fourth-order valence-corrected chi connectivity index (χ4v) is 3.76. The minimum Gasteiger partial charge on any atom is -0.453 e. The molecule has 2 N–H and O–H groups in total. The largest absolute Gasteiger partial charge is 0.453 e. The van der Waals surface area contributed by atoms with Crippen LogP contribution in [0.5, 0.6) is 0 Å². The highest BCUT2D eigenvalue weighted by atomic mass is 79.9. The van der Waals surface area contributed by atoms with E-state index in [1.807, 2.05) is 12.1 Å². The summed E-state index contributed by atoms with van der Waals surface area (Å²) in [6.07, 6.45) is 1.83. The summed E-state index contributed by atoms with van der Waals surface area (Å²) >= 11 is 3.51. The molecule has 3 rings (SSSR count). The Kier molecular flexibility index (Phi) is 5.64. The number of hydrogen-bond acceptors (Lipinski definition) is 4. The monoisotopic (exact) mass is 408 g/mol. The molecule has 1 amide bonds. The summed E-state index contributed by atoms with van der Waals surface area (Å²) in [6.45, 7) is 6.03. The first-order valence-corrected chi connectivity index (χ1v) is 9.51. The molecule has 1 fully saturated rings. The number of aromatic nitrogens is 2. The van der Waals surface area contributed by atoms with Crippen molar-refractivity contribution < 1.29 is 9.53 Å². The molecular weight excluding hydrogens is 384 g/mol. The van der Waals surface area contributed by atoms with E-state index in [9.17, 15) is 4.79 Å². The van der Waals surface area contributed by atoms with Crippen LogP contribution in [-0.2, 0) is 4.74 Å². The topological polar surface area (TPSA) is 70.2 Å². The number of nitrogens with one attached hydrogen (secondary N) is 2. The molecule has 1 saturated heterocycles. The second kappa shape index (κ2) is 7.74. The maximum atomic E-state index is 11.6. The van der Waals surface area contributed by atoms with Gasteiger partial charge in [-0.2, -0.15) is 0 Å². The number of benzene rings is 1. The van der Waals surface area contributed by atoms with Gasteiger partial charge in [-0.1, -0.05) is 29.8 Å². The molecule has 1 aliphatic rings. The summed E-state index contributed by atoms with van der Waals surface area (Å²) in [5, 5.41) is 2.96. The lowest BCUT2D eigenvalue weighted by atomic mass is 10.0. The number of amides is 1. The molecule has 25 heavy (non-hydrogen) atoms. The third-order valence-corrected chi connectivity index (χ3v) is 5.36. The van der Waals surface area contributed by atoms with Crippen LogP contribution in [0.15, 0.2) is 22.7 Å². The highest BCUT2D eigenvalue weighted by molar-refractivity contribution is 9.10. The van der Waals surface area contributed by atoms with Gasteiger partial charge in [0.1, 0.15) is 5.82 Å². The molecule has 1 aromatic carbocycles. The van der Waals surface area contributed by atoms with E-state index < -0.39 is 0 Å². The zero-order valence-corrected chi connectivity index (χ0v) is 16.5. The Bertz CT molecular complexity index is 746. The number of hydrogen-bond donors (Lipinski definition) is 2. The third kappa shape index (κ3) is 4.15. The minimum atomic E-state index is -0.372. The van der Waals surface area contributed by atoms with Gasteiger partial charge in [-0.05, 0) is 43.5 Å². The van der Waals surface area contributed by atoms with Crippen molar-refractivity contribution in [3.05, 3.63) is 28.5 Å². The lowest BCUT2D eigenvalue weighted by molar-refractivity contribution is 0.150. The van der Waals surface area contributed by atoms with Crippen LogP contribution in [-0.4, -0.2) is 47.2 Å².